The van der Waals surface area contributed by atoms with Crippen molar-refractivity contribution in [3.05, 3.63) is 18.5 Å². The van der Waals surface area contributed by atoms with E-state index in [9.17, 15) is 4.79 Å². The van der Waals surface area contributed by atoms with Gasteiger partial charge in [-0.3, -0.25) is 4.79 Å². The molecule has 0 fully saturated rings. The van der Waals surface area contributed by atoms with Crippen LogP contribution in [-0.2, 0) is 4.79 Å². The minimum atomic E-state index is 1.26. The summed E-state index contributed by atoms with van der Waals surface area (Å²) >= 11 is 0. The normalized spacial score (nSPS) is 8.50. The second-order valence-corrected chi connectivity index (χ2v) is 1.16. The summed E-state index contributed by atoms with van der Waals surface area (Å²) in [6.45, 7) is 0. The smallest absolute Gasteiger partial charge is 0.262 e. The SMILES string of the molecule is O=[C]Nn1cccn1. The van der Waals surface area contributed by atoms with Gasteiger partial charge in [0.2, 0.25) is 0 Å². The highest BCUT2D eigenvalue weighted by atomic mass is 16.1. The number of hydrogen-bond acceptors (Lipinski definition) is 2. The van der Waals surface area contributed by atoms with Crippen LogP contribution < -0.4 is 5.43 Å². The van der Waals surface area contributed by atoms with Crippen molar-refractivity contribution >= 4 is 6.41 Å². The Kier molecular flexibility index (Phi) is 1.27. The second-order valence-electron chi connectivity index (χ2n) is 1.16. The van der Waals surface area contributed by atoms with Gasteiger partial charge in [0, 0.05) is 6.20 Å². The van der Waals surface area contributed by atoms with E-state index in [2.05, 4.69) is 10.5 Å². The first-order valence-corrected chi connectivity index (χ1v) is 2.06. The fraction of sp³-hybridized carbons (Fsp3) is 0. The number of nitrogens with one attached hydrogen (secondary N) is 1. The molecule has 1 amide bonds. The van der Waals surface area contributed by atoms with Crippen LogP contribution in [-0.4, -0.2) is 16.3 Å². The summed E-state index contributed by atoms with van der Waals surface area (Å²) in [5.74, 6) is 0. The van der Waals surface area contributed by atoms with Gasteiger partial charge in [-0.15, -0.1) is 0 Å². The standard InChI is InChI=1S/C4H4N3O/c8-4-6-7-3-1-2-5-7/h1-3H,(H,6,8). The van der Waals surface area contributed by atoms with E-state index in [0.29, 0.717) is 0 Å². The zero-order chi connectivity index (χ0) is 5.82. The molecular weight excluding hydrogens is 106 g/mol. The van der Waals surface area contributed by atoms with Crippen LogP contribution in [0.1, 0.15) is 0 Å². The van der Waals surface area contributed by atoms with E-state index in [1.54, 1.807) is 18.5 Å². The molecule has 0 saturated heterocycles. The number of aromatic nitrogens is 2. The molecule has 4 heteroatoms. The maximum absolute atomic E-state index is 9.58. The van der Waals surface area contributed by atoms with E-state index in [1.807, 2.05) is 0 Å². The Labute approximate surface area is 46.1 Å². The van der Waals surface area contributed by atoms with Crippen LogP contribution >= 0.6 is 0 Å². The molecule has 1 aromatic heterocycles. The average Bonchev–Trinajstić information content (AvgIpc) is 2.19. The molecule has 1 N–H and O–H groups in total. The molecule has 0 spiro atoms. The van der Waals surface area contributed by atoms with Crippen LogP contribution in [0, 0.1) is 0 Å². The van der Waals surface area contributed by atoms with E-state index in [1.165, 1.54) is 11.2 Å². The monoisotopic (exact) mass is 110 g/mol. The van der Waals surface area contributed by atoms with Gasteiger partial charge in [-0.05, 0) is 6.07 Å². The minimum Gasteiger partial charge on any atom is -0.262 e. The third-order valence-electron chi connectivity index (χ3n) is 0.665. The predicted molar refractivity (Wildman–Crippen MR) is 27.3 cm³/mol. The van der Waals surface area contributed by atoms with E-state index in [4.69, 9.17) is 0 Å². The highest BCUT2D eigenvalue weighted by molar-refractivity contribution is 5.56. The van der Waals surface area contributed by atoms with Crippen LogP contribution in [0.25, 0.3) is 0 Å². The first-order chi connectivity index (χ1) is 3.93. The molecule has 0 unspecified atom stereocenters. The molecule has 1 rings (SSSR count). The average molecular weight is 110 g/mol. The van der Waals surface area contributed by atoms with Crippen LogP contribution in [0.15, 0.2) is 18.5 Å². The van der Waals surface area contributed by atoms with Gasteiger partial charge in [0.25, 0.3) is 0 Å². The second kappa shape index (κ2) is 2.11. The van der Waals surface area contributed by atoms with Gasteiger partial charge < -0.3 is 0 Å². The number of hydrogen-bond donors (Lipinski definition) is 1. The highest BCUT2D eigenvalue weighted by Gasteiger charge is 1.80. The molecule has 4 nitrogen and oxygen atoms in total. The lowest BCUT2D eigenvalue weighted by Crippen LogP contribution is -2.11. The summed E-state index contributed by atoms with van der Waals surface area (Å²) in [7, 11) is 0. The first kappa shape index (κ1) is 4.83. The lowest BCUT2D eigenvalue weighted by atomic mass is 10.8. The Morgan fingerprint density at radius 1 is 1.75 bits per heavy atom. The molecule has 1 heterocycles. The highest BCUT2D eigenvalue weighted by Crippen LogP contribution is 1.74. The molecule has 0 bridgehead atoms. The summed E-state index contributed by atoms with van der Waals surface area (Å²) in [4.78, 5) is 10.8. The zero-order valence-corrected chi connectivity index (χ0v) is 4.03. The van der Waals surface area contributed by atoms with Crippen LogP contribution in [0.3, 0.4) is 0 Å². The van der Waals surface area contributed by atoms with E-state index >= 15 is 0 Å². The summed E-state index contributed by atoms with van der Waals surface area (Å²) in [5.41, 5.74) is 2.19. The third-order valence-corrected chi connectivity index (χ3v) is 0.665. The van der Waals surface area contributed by atoms with Gasteiger partial charge in [0.15, 0.2) is 0 Å². The van der Waals surface area contributed by atoms with Crippen molar-refractivity contribution in [2.75, 3.05) is 5.43 Å². The maximum atomic E-state index is 9.58. The molecule has 8 heavy (non-hydrogen) atoms. The molecule has 0 aromatic carbocycles. The van der Waals surface area contributed by atoms with Gasteiger partial charge in [-0.25, -0.2) is 5.43 Å². The van der Waals surface area contributed by atoms with Gasteiger partial charge >= 0.3 is 6.41 Å². The molecule has 0 aliphatic heterocycles. The van der Waals surface area contributed by atoms with Crippen LogP contribution in [0.5, 0.6) is 0 Å². The van der Waals surface area contributed by atoms with Crippen molar-refractivity contribution in [1.82, 2.24) is 9.89 Å². The fourth-order valence-corrected chi connectivity index (χ4v) is 0.382. The molecule has 0 aliphatic rings. The molecule has 0 aliphatic carbocycles. The lowest BCUT2D eigenvalue weighted by Gasteiger charge is -1.90. The third kappa shape index (κ3) is 0.841. The summed E-state index contributed by atoms with van der Waals surface area (Å²) in [6, 6.07) is 1.70. The Hall–Kier alpha value is -1.32. The minimum absolute atomic E-state index is 1.26. The van der Waals surface area contributed by atoms with E-state index < -0.39 is 0 Å². The zero-order valence-electron chi connectivity index (χ0n) is 4.03. The van der Waals surface area contributed by atoms with Crippen molar-refractivity contribution in [3.63, 3.8) is 0 Å². The van der Waals surface area contributed by atoms with Crippen molar-refractivity contribution in [3.8, 4) is 0 Å². The van der Waals surface area contributed by atoms with Crippen LogP contribution in [0.2, 0.25) is 0 Å². The van der Waals surface area contributed by atoms with E-state index in [-0.39, 0.29) is 0 Å². The van der Waals surface area contributed by atoms with Crippen molar-refractivity contribution < 1.29 is 4.79 Å². The molecule has 0 saturated carbocycles. The molecule has 1 aromatic rings. The molecular formula is C4H4N3O. The Bertz CT molecular complexity index is 158. The Morgan fingerprint density at radius 2 is 2.62 bits per heavy atom. The number of carbonyl (C=O) groups excluding carboxylic acids is 1. The lowest BCUT2D eigenvalue weighted by molar-refractivity contribution is 0.553. The fourth-order valence-electron chi connectivity index (χ4n) is 0.382. The maximum Gasteiger partial charge on any atom is 0.331 e. The Morgan fingerprint density at radius 3 is 3.12 bits per heavy atom. The molecule has 1 radical (unpaired) electrons. The van der Waals surface area contributed by atoms with Crippen molar-refractivity contribution in [2.24, 2.45) is 0 Å². The predicted octanol–water partition coefficient (Wildman–Crippen LogP) is -0.506. The first-order valence-electron chi connectivity index (χ1n) is 2.06. The van der Waals surface area contributed by atoms with Crippen molar-refractivity contribution in [1.29, 1.82) is 0 Å². The summed E-state index contributed by atoms with van der Waals surface area (Å²) in [6.07, 6.45) is 4.63. The molecule has 0 atom stereocenters. The van der Waals surface area contributed by atoms with E-state index in [0.717, 1.165) is 0 Å². The summed E-state index contributed by atoms with van der Waals surface area (Å²) < 4.78 is 0. The van der Waals surface area contributed by atoms with Gasteiger partial charge in [-0.1, -0.05) is 0 Å². The van der Waals surface area contributed by atoms with Crippen molar-refractivity contribution in [2.45, 2.75) is 0 Å². The summed E-state index contributed by atoms with van der Waals surface area (Å²) in [5, 5.41) is 3.65. The van der Waals surface area contributed by atoms with Gasteiger partial charge in [0.05, 0.1) is 6.20 Å². The number of amides is 1. The number of rotatable bonds is 2. The quantitative estimate of drug-likeness (QED) is 0.521. The molecule has 41 valence electrons. The Balaban J connectivity index is 2.62. The largest absolute Gasteiger partial charge is 0.331 e. The topological polar surface area (TPSA) is 46.9 Å². The van der Waals surface area contributed by atoms with Gasteiger partial charge in [-0.2, -0.15) is 9.89 Å². The number of nitrogens with zero attached hydrogens (tertiary/aromatic N) is 2. The van der Waals surface area contributed by atoms with Gasteiger partial charge in [0.1, 0.15) is 0 Å². The van der Waals surface area contributed by atoms with Crippen LogP contribution in [0.4, 0.5) is 0 Å².